The van der Waals surface area contributed by atoms with E-state index in [0.717, 1.165) is 21.4 Å². The van der Waals surface area contributed by atoms with Gasteiger partial charge in [0, 0.05) is 10.2 Å². The molecule has 19 heavy (non-hydrogen) atoms. The van der Waals surface area contributed by atoms with Gasteiger partial charge in [-0.15, -0.1) is 0 Å². The number of hydrogen-bond donors (Lipinski definition) is 3. The molecule has 1 heterocycles. The molecule has 2 rings (SSSR count). The van der Waals surface area contributed by atoms with Crippen LogP contribution in [-0.2, 0) is 6.42 Å². The molecule has 4 N–H and O–H groups in total. The fourth-order valence-electron chi connectivity index (χ4n) is 1.78. The molecule has 5 nitrogen and oxygen atoms in total. The number of carbonyl (C=O) groups excluding carboxylic acids is 1. The molecule has 0 aliphatic heterocycles. The molecule has 0 spiro atoms. The second kappa shape index (κ2) is 5.44. The van der Waals surface area contributed by atoms with Crippen molar-refractivity contribution >= 4 is 33.2 Å². The van der Waals surface area contributed by atoms with Crippen LogP contribution < -0.4 is 11.1 Å². The first kappa shape index (κ1) is 13.6. The lowest BCUT2D eigenvalue weighted by atomic mass is 10.2. The quantitative estimate of drug-likeness (QED) is 0.812. The molecule has 6 heteroatoms. The minimum atomic E-state index is -0.307. The van der Waals surface area contributed by atoms with Crippen LogP contribution in [0.15, 0.2) is 22.7 Å². The highest BCUT2D eigenvalue weighted by Crippen LogP contribution is 2.22. The Balaban J connectivity index is 2.23. The molecule has 0 saturated heterocycles. The minimum absolute atomic E-state index is 0.235. The molecule has 0 saturated carbocycles. The van der Waals surface area contributed by atoms with Gasteiger partial charge in [0.15, 0.2) is 5.69 Å². The van der Waals surface area contributed by atoms with Gasteiger partial charge < -0.3 is 11.1 Å². The van der Waals surface area contributed by atoms with Gasteiger partial charge in [-0.3, -0.25) is 9.89 Å². The molecule has 2 aromatic rings. The van der Waals surface area contributed by atoms with Crippen molar-refractivity contribution in [2.75, 3.05) is 11.1 Å². The van der Waals surface area contributed by atoms with Gasteiger partial charge in [-0.25, -0.2) is 0 Å². The second-order valence-electron chi connectivity index (χ2n) is 4.23. The summed E-state index contributed by atoms with van der Waals surface area (Å²) >= 11 is 3.38. The van der Waals surface area contributed by atoms with E-state index in [4.69, 9.17) is 5.73 Å². The van der Waals surface area contributed by atoms with Crippen LogP contribution in [-0.4, -0.2) is 16.1 Å². The summed E-state index contributed by atoms with van der Waals surface area (Å²) in [6, 6.07) is 5.63. The minimum Gasteiger partial charge on any atom is -0.395 e. The number of rotatable bonds is 3. The topological polar surface area (TPSA) is 83.8 Å². The number of aromatic amines is 1. The Morgan fingerprint density at radius 1 is 1.53 bits per heavy atom. The molecule has 0 fully saturated rings. The summed E-state index contributed by atoms with van der Waals surface area (Å²) in [5, 5.41) is 9.54. The van der Waals surface area contributed by atoms with Gasteiger partial charge in [-0.05, 0) is 37.1 Å². The molecule has 0 atom stereocenters. The molecular weight excluding hydrogens is 308 g/mol. The second-order valence-corrected chi connectivity index (χ2v) is 5.15. The summed E-state index contributed by atoms with van der Waals surface area (Å²) in [6.07, 6.45) is 0.712. The fraction of sp³-hybridized carbons (Fsp3) is 0.231. The van der Waals surface area contributed by atoms with Crippen LogP contribution in [0.1, 0.15) is 28.7 Å². The lowest BCUT2D eigenvalue weighted by Gasteiger charge is -2.07. The summed E-state index contributed by atoms with van der Waals surface area (Å²) in [7, 11) is 0. The maximum Gasteiger partial charge on any atom is 0.278 e. The number of benzene rings is 1. The van der Waals surface area contributed by atoms with Crippen molar-refractivity contribution in [2.45, 2.75) is 20.3 Å². The van der Waals surface area contributed by atoms with Crippen LogP contribution in [0.5, 0.6) is 0 Å². The number of aromatic nitrogens is 2. The highest BCUT2D eigenvalue weighted by molar-refractivity contribution is 9.10. The van der Waals surface area contributed by atoms with Crippen molar-refractivity contribution in [1.29, 1.82) is 0 Å². The molecular formula is C13H15BrN4O. The van der Waals surface area contributed by atoms with Gasteiger partial charge >= 0.3 is 0 Å². The zero-order valence-electron chi connectivity index (χ0n) is 10.7. The number of nitrogens with two attached hydrogens (primary N) is 1. The summed E-state index contributed by atoms with van der Waals surface area (Å²) in [6.45, 7) is 3.87. The summed E-state index contributed by atoms with van der Waals surface area (Å²) in [5.74, 6) is -0.307. The Bertz CT molecular complexity index is 621. The first-order valence-electron chi connectivity index (χ1n) is 5.93. The summed E-state index contributed by atoms with van der Waals surface area (Å²) in [5.41, 5.74) is 9.00. The maximum absolute atomic E-state index is 12.1. The Labute approximate surface area is 119 Å². The number of H-pyrrole nitrogens is 1. The third kappa shape index (κ3) is 2.78. The maximum atomic E-state index is 12.1. The number of nitrogens with one attached hydrogen (secondary N) is 2. The number of nitrogens with zero attached hydrogens (tertiary/aromatic N) is 1. The highest BCUT2D eigenvalue weighted by Gasteiger charge is 2.17. The van der Waals surface area contributed by atoms with E-state index in [1.807, 2.05) is 32.0 Å². The average Bonchev–Trinajstić information content (AvgIpc) is 2.74. The van der Waals surface area contributed by atoms with Crippen LogP contribution in [0, 0.1) is 6.92 Å². The van der Waals surface area contributed by atoms with Crippen LogP contribution >= 0.6 is 15.9 Å². The number of amides is 1. The average molecular weight is 323 g/mol. The van der Waals surface area contributed by atoms with Crippen LogP contribution in [0.4, 0.5) is 11.4 Å². The lowest BCUT2D eigenvalue weighted by Crippen LogP contribution is -2.15. The van der Waals surface area contributed by atoms with Gasteiger partial charge in [-0.2, -0.15) is 5.10 Å². The van der Waals surface area contributed by atoms with E-state index in [9.17, 15) is 4.79 Å². The predicted molar refractivity (Wildman–Crippen MR) is 79.2 cm³/mol. The van der Waals surface area contributed by atoms with E-state index >= 15 is 0 Å². The van der Waals surface area contributed by atoms with E-state index in [2.05, 4.69) is 31.4 Å². The van der Waals surface area contributed by atoms with Crippen LogP contribution in [0.3, 0.4) is 0 Å². The molecule has 0 unspecified atom stereocenters. The predicted octanol–water partition coefficient (Wildman–Crippen LogP) is 2.88. The zero-order chi connectivity index (χ0) is 14.0. The van der Waals surface area contributed by atoms with E-state index in [1.54, 1.807) is 0 Å². The highest BCUT2D eigenvalue weighted by atomic mass is 79.9. The van der Waals surface area contributed by atoms with E-state index in [0.29, 0.717) is 12.1 Å². The zero-order valence-corrected chi connectivity index (χ0v) is 12.3. The standard InChI is InChI=1S/C13H15BrN4O/c1-3-9-11(15)12(18-17-9)13(19)16-10-5-4-8(14)6-7(10)2/h4-6H,3,15H2,1-2H3,(H,16,19)(H,17,18). The van der Waals surface area contributed by atoms with Crippen LogP contribution in [0.25, 0.3) is 0 Å². The first-order valence-corrected chi connectivity index (χ1v) is 6.72. The van der Waals surface area contributed by atoms with Gasteiger partial charge in [0.25, 0.3) is 5.91 Å². The Kier molecular flexibility index (Phi) is 3.90. The normalized spacial score (nSPS) is 10.5. The Morgan fingerprint density at radius 2 is 2.26 bits per heavy atom. The van der Waals surface area contributed by atoms with Crippen molar-refractivity contribution in [1.82, 2.24) is 10.2 Å². The molecule has 1 aromatic carbocycles. The van der Waals surface area contributed by atoms with Gasteiger partial charge in [-0.1, -0.05) is 22.9 Å². The summed E-state index contributed by atoms with van der Waals surface area (Å²) < 4.78 is 0.968. The van der Waals surface area contributed by atoms with Crippen molar-refractivity contribution < 1.29 is 4.79 Å². The van der Waals surface area contributed by atoms with Crippen molar-refractivity contribution in [3.63, 3.8) is 0 Å². The van der Waals surface area contributed by atoms with Crippen molar-refractivity contribution in [3.8, 4) is 0 Å². The smallest absolute Gasteiger partial charge is 0.278 e. The number of nitrogen functional groups attached to an aromatic ring is 1. The van der Waals surface area contributed by atoms with Gasteiger partial charge in [0.1, 0.15) is 0 Å². The van der Waals surface area contributed by atoms with E-state index < -0.39 is 0 Å². The largest absolute Gasteiger partial charge is 0.395 e. The number of anilines is 2. The summed E-state index contributed by atoms with van der Waals surface area (Å²) in [4.78, 5) is 12.1. The Hall–Kier alpha value is -1.82. The Morgan fingerprint density at radius 3 is 2.84 bits per heavy atom. The molecule has 0 aliphatic rings. The van der Waals surface area contributed by atoms with E-state index in [1.165, 1.54) is 0 Å². The van der Waals surface area contributed by atoms with E-state index in [-0.39, 0.29) is 11.6 Å². The van der Waals surface area contributed by atoms with Crippen LogP contribution in [0.2, 0.25) is 0 Å². The molecule has 0 bridgehead atoms. The third-order valence-corrected chi connectivity index (χ3v) is 3.38. The van der Waals surface area contributed by atoms with Gasteiger partial charge in [0.05, 0.1) is 11.4 Å². The van der Waals surface area contributed by atoms with Crippen molar-refractivity contribution in [2.24, 2.45) is 0 Å². The molecule has 1 aromatic heterocycles. The first-order chi connectivity index (χ1) is 9.02. The number of aryl methyl sites for hydroxylation is 2. The fourth-order valence-corrected chi connectivity index (χ4v) is 2.25. The SMILES string of the molecule is CCc1[nH]nc(C(=O)Nc2ccc(Br)cc2C)c1N. The molecule has 0 aliphatic carbocycles. The number of hydrogen-bond acceptors (Lipinski definition) is 3. The number of carbonyl (C=O) groups is 1. The van der Waals surface area contributed by atoms with Crippen molar-refractivity contribution in [3.05, 3.63) is 39.6 Å². The van der Waals surface area contributed by atoms with Gasteiger partial charge in [0.2, 0.25) is 0 Å². The third-order valence-electron chi connectivity index (χ3n) is 2.89. The molecule has 0 radical (unpaired) electrons. The lowest BCUT2D eigenvalue weighted by molar-refractivity contribution is 0.102. The monoisotopic (exact) mass is 322 g/mol. The molecule has 1 amide bonds. The number of halogens is 1. The molecule has 100 valence electrons.